The average Bonchev–Trinajstić information content (AvgIpc) is 3.14. The number of guanidine groups is 1. The lowest BCUT2D eigenvalue weighted by molar-refractivity contribution is -0.138. The number of ether oxygens (including phenoxy) is 1. The Labute approximate surface area is 185 Å². The largest absolute Gasteiger partial charge is 0.478 e. The first-order valence-corrected chi connectivity index (χ1v) is 9.82. The molecule has 0 unspecified atom stereocenters. The van der Waals surface area contributed by atoms with Gasteiger partial charge in [-0.3, -0.25) is 4.79 Å². The van der Waals surface area contributed by atoms with Gasteiger partial charge in [0.05, 0.1) is 18.6 Å². The van der Waals surface area contributed by atoms with Crippen LogP contribution in [0.4, 0.5) is 0 Å². The predicted molar refractivity (Wildman–Crippen MR) is 123 cm³/mol. The molecule has 1 heterocycles. The molecule has 0 saturated heterocycles. The molecule has 0 spiro atoms. The van der Waals surface area contributed by atoms with Crippen molar-refractivity contribution in [2.24, 2.45) is 10.4 Å². The Bertz CT molecular complexity index is 645. The average molecular weight is 503 g/mol. The van der Waals surface area contributed by atoms with Gasteiger partial charge in [-0.15, -0.1) is 24.0 Å². The Hall–Kier alpha value is -1.58. The number of nitrogens with one attached hydrogen (secondary N) is 2. The molecule has 0 aliphatic heterocycles. The summed E-state index contributed by atoms with van der Waals surface area (Å²) in [4.78, 5) is 23.3. The second-order valence-electron chi connectivity index (χ2n) is 7.17. The van der Waals surface area contributed by atoms with Crippen LogP contribution in [0.15, 0.2) is 23.3 Å². The summed E-state index contributed by atoms with van der Waals surface area (Å²) in [5, 5.41) is 6.66. The van der Waals surface area contributed by atoms with Crippen LogP contribution in [0.1, 0.15) is 45.1 Å². The van der Waals surface area contributed by atoms with Crippen molar-refractivity contribution in [3.05, 3.63) is 23.9 Å². The van der Waals surface area contributed by atoms with E-state index in [0.717, 1.165) is 43.8 Å². The van der Waals surface area contributed by atoms with Crippen LogP contribution in [0, 0.1) is 5.41 Å². The van der Waals surface area contributed by atoms with Gasteiger partial charge < -0.3 is 20.3 Å². The van der Waals surface area contributed by atoms with E-state index in [1.807, 2.05) is 40.1 Å². The number of nitrogens with zero attached hydrogens (tertiary/aromatic N) is 3. The molecule has 8 heteroatoms. The highest BCUT2D eigenvalue weighted by molar-refractivity contribution is 14.0. The van der Waals surface area contributed by atoms with E-state index in [2.05, 4.69) is 20.6 Å². The van der Waals surface area contributed by atoms with Crippen molar-refractivity contribution in [2.75, 3.05) is 33.8 Å². The van der Waals surface area contributed by atoms with Crippen LogP contribution in [-0.4, -0.2) is 55.5 Å². The van der Waals surface area contributed by atoms with E-state index in [-0.39, 0.29) is 35.3 Å². The molecular weight excluding hydrogens is 469 g/mol. The number of aromatic nitrogens is 1. The second-order valence-corrected chi connectivity index (χ2v) is 7.17. The molecular formula is C20H34IN5O2. The minimum absolute atomic E-state index is 0. The van der Waals surface area contributed by atoms with Crippen molar-refractivity contribution in [2.45, 2.75) is 46.1 Å². The molecule has 1 aliphatic carbocycles. The monoisotopic (exact) mass is 503 g/mol. The number of carbonyl (C=O) groups excluding carboxylic acids is 1. The van der Waals surface area contributed by atoms with E-state index in [0.29, 0.717) is 25.6 Å². The summed E-state index contributed by atoms with van der Waals surface area (Å²) in [5.74, 6) is 1.55. The first kappa shape index (κ1) is 24.5. The van der Waals surface area contributed by atoms with Crippen molar-refractivity contribution >= 4 is 35.8 Å². The zero-order chi connectivity index (χ0) is 19.7. The van der Waals surface area contributed by atoms with Crippen molar-refractivity contribution < 1.29 is 9.53 Å². The molecule has 0 radical (unpaired) electrons. The Morgan fingerprint density at radius 1 is 1.29 bits per heavy atom. The minimum atomic E-state index is -0.321. The molecule has 2 N–H and O–H groups in total. The Morgan fingerprint density at radius 2 is 2.00 bits per heavy atom. The third kappa shape index (κ3) is 6.79. The van der Waals surface area contributed by atoms with Crippen molar-refractivity contribution in [3.63, 3.8) is 0 Å². The van der Waals surface area contributed by atoms with E-state index in [4.69, 9.17) is 4.74 Å². The fourth-order valence-corrected chi connectivity index (χ4v) is 3.53. The molecule has 0 bridgehead atoms. The fraction of sp³-hybridized carbons (Fsp3) is 0.650. The zero-order valence-corrected chi connectivity index (χ0v) is 19.8. The summed E-state index contributed by atoms with van der Waals surface area (Å²) >= 11 is 0. The predicted octanol–water partition coefficient (Wildman–Crippen LogP) is 2.80. The summed E-state index contributed by atoms with van der Waals surface area (Å²) in [6.07, 6.45) is 5.80. The molecule has 1 amide bonds. The van der Waals surface area contributed by atoms with Gasteiger partial charge in [0, 0.05) is 39.4 Å². The van der Waals surface area contributed by atoms with Gasteiger partial charge in [0.15, 0.2) is 5.96 Å². The quantitative estimate of drug-likeness (QED) is 0.324. The summed E-state index contributed by atoms with van der Waals surface area (Å²) in [6.45, 7) is 6.45. The Balaban J connectivity index is 0.00000392. The molecule has 158 valence electrons. The Morgan fingerprint density at radius 3 is 2.61 bits per heavy atom. The van der Waals surface area contributed by atoms with Crippen LogP contribution < -0.4 is 15.4 Å². The van der Waals surface area contributed by atoms with Crippen LogP contribution in [0.25, 0.3) is 0 Å². The van der Waals surface area contributed by atoms with Gasteiger partial charge in [-0.2, -0.15) is 0 Å². The molecule has 1 aromatic heterocycles. The third-order valence-corrected chi connectivity index (χ3v) is 4.87. The maximum Gasteiger partial charge on any atom is 0.230 e. The van der Waals surface area contributed by atoms with Crippen molar-refractivity contribution in [1.29, 1.82) is 0 Å². The summed E-state index contributed by atoms with van der Waals surface area (Å²) in [5.41, 5.74) is 0.712. The van der Waals surface area contributed by atoms with E-state index < -0.39 is 0 Å². The van der Waals surface area contributed by atoms with Crippen LogP contribution >= 0.6 is 24.0 Å². The van der Waals surface area contributed by atoms with Gasteiger partial charge in [0.25, 0.3) is 0 Å². The first-order chi connectivity index (χ1) is 13.0. The standard InChI is InChI=1S/C20H33N5O2.HI/c1-5-21-19(23-14-16-9-12-22-17(13-16)27-6-2)24-15-20(10-7-8-11-20)18(26)25(3)4;/h9,12-13H,5-8,10-11,14-15H2,1-4H3,(H2,21,23,24);1H. The fourth-order valence-electron chi connectivity index (χ4n) is 3.53. The lowest BCUT2D eigenvalue weighted by Gasteiger charge is -2.31. The van der Waals surface area contributed by atoms with Gasteiger partial charge in [-0.05, 0) is 38.3 Å². The van der Waals surface area contributed by atoms with Gasteiger partial charge in [-0.1, -0.05) is 12.8 Å². The summed E-state index contributed by atoms with van der Waals surface area (Å²) < 4.78 is 5.44. The molecule has 7 nitrogen and oxygen atoms in total. The van der Waals surface area contributed by atoms with E-state index in [9.17, 15) is 4.79 Å². The normalized spacial score (nSPS) is 15.5. The van der Waals surface area contributed by atoms with Gasteiger partial charge in [0.2, 0.25) is 11.8 Å². The number of carbonyl (C=O) groups is 1. The molecule has 0 aromatic carbocycles. The third-order valence-electron chi connectivity index (χ3n) is 4.87. The Kier molecular flexibility index (Phi) is 10.6. The SMILES string of the molecule is CCNC(=NCc1ccnc(OCC)c1)NCC1(C(=O)N(C)C)CCCC1.I. The second kappa shape index (κ2) is 12.1. The number of aliphatic imine (C=N–C) groups is 1. The number of amides is 1. The zero-order valence-electron chi connectivity index (χ0n) is 17.5. The number of hydrogen-bond donors (Lipinski definition) is 2. The van der Waals surface area contributed by atoms with Crippen LogP contribution in [-0.2, 0) is 11.3 Å². The molecule has 0 atom stereocenters. The molecule has 1 fully saturated rings. The smallest absolute Gasteiger partial charge is 0.230 e. The summed E-state index contributed by atoms with van der Waals surface area (Å²) in [7, 11) is 3.67. The minimum Gasteiger partial charge on any atom is -0.478 e. The molecule has 28 heavy (non-hydrogen) atoms. The number of rotatable bonds is 8. The van der Waals surface area contributed by atoms with E-state index >= 15 is 0 Å². The summed E-state index contributed by atoms with van der Waals surface area (Å²) in [6, 6.07) is 3.84. The van der Waals surface area contributed by atoms with Crippen LogP contribution in [0.2, 0.25) is 0 Å². The van der Waals surface area contributed by atoms with Crippen LogP contribution in [0.3, 0.4) is 0 Å². The topological polar surface area (TPSA) is 78.9 Å². The maximum absolute atomic E-state index is 12.7. The highest BCUT2D eigenvalue weighted by atomic mass is 127. The van der Waals surface area contributed by atoms with Gasteiger partial charge in [0.1, 0.15) is 0 Å². The first-order valence-electron chi connectivity index (χ1n) is 9.82. The molecule has 2 rings (SSSR count). The number of halogens is 1. The van der Waals surface area contributed by atoms with E-state index in [1.54, 1.807) is 11.1 Å². The van der Waals surface area contributed by atoms with Crippen molar-refractivity contribution in [3.8, 4) is 5.88 Å². The number of pyridine rings is 1. The van der Waals surface area contributed by atoms with Gasteiger partial charge in [-0.25, -0.2) is 9.98 Å². The van der Waals surface area contributed by atoms with E-state index in [1.165, 1.54) is 0 Å². The molecule has 1 saturated carbocycles. The molecule has 1 aromatic rings. The molecule has 1 aliphatic rings. The highest BCUT2D eigenvalue weighted by Crippen LogP contribution is 2.38. The highest BCUT2D eigenvalue weighted by Gasteiger charge is 2.42. The van der Waals surface area contributed by atoms with Crippen LogP contribution in [0.5, 0.6) is 5.88 Å². The van der Waals surface area contributed by atoms with Gasteiger partial charge >= 0.3 is 0 Å². The lowest BCUT2D eigenvalue weighted by Crippen LogP contribution is -2.49. The number of hydrogen-bond acceptors (Lipinski definition) is 4. The van der Waals surface area contributed by atoms with Crippen molar-refractivity contribution in [1.82, 2.24) is 20.5 Å². The maximum atomic E-state index is 12.7. The lowest BCUT2D eigenvalue weighted by atomic mass is 9.84.